The summed E-state index contributed by atoms with van der Waals surface area (Å²) in [6.45, 7) is 0.558. The van der Waals surface area contributed by atoms with Crippen LogP contribution in [0.2, 0.25) is 0 Å². The van der Waals surface area contributed by atoms with Crippen molar-refractivity contribution in [3.05, 3.63) is 91.3 Å². The molecule has 176 valence electrons. The fraction of sp³-hybridized carbons (Fsp3) is 0.0357. The van der Waals surface area contributed by atoms with Crippen LogP contribution in [0.25, 0.3) is 44.4 Å². The average Bonchev–Trinajstić information content (AvgIpc) is 3.74. The fourth-order valence-corrected chi connectivity index (χ4v) is 5.67. The smallest absolute Gasteiger partial charge is 0.238 e. The number of para-hydroxylation sites is 4. The topological polar surface area (TPSA) is 79.1 Å². The molecule has 7 aromatic rings. The fourth-order valence-electron chi connectivity index (χ4n) is 5.67. The number of nitrogens with zero attached hydrogens (tertiary/aromatic N) is 7. The van der Waals surface area contributed by atoms with Crippen LogP contribution in [0.1, 0.15) is 0 Å². The molecule has 1 N–H and O–H groups in total. The number of hydrogen-bond acceptors (Lipinski definition) is 7. The predicted molar refractivity (Wildman–Crippen MR) is 144 cm³/mol. The summed E-state index contributed by atoms with van der Waals surface area (Å²) in [5.41, 5.74) is 11.3. The summed E-state index contributed by atoms with van der Waals surface area (Å²) in [5.74, 6) is 1.65. The molecule has 0 spiro atoms. The van der Waals surface area contributed by atoms with Gasteiger partial charge in [0, 0.05) is 10.8 Å². The highest BCUT2D eigenvalue weighted by molar-refractivity contribution is 6.21. The Labute approximate surface area is 209 Å². The van der Waals surface area contributed by atoms with Crippen molar-refractivity contribution in [2.45, 2.75) is 0 Å². The third-order valence-electron chi connectivity index (χ3n) is 7.25. The zero-order valence-corrected chi connectivity index (χ0v) is 19.4. The third kappa shape index (κ3) is 2.43. The van der Waals surface area contributed by atoms with Crippen molar-refractivity contribution in [3.8, 4) is 5.69 Å². The molecule has 4 aromatic carbocycles. The number of fused-ring (bicyclic) bond motifs is 9. The lowest BCUT2D eigenvalue weighted by atomic mass is 10.1. The van der Waals surface area contributed by atoms with E-state index < -0.39 is 0 Å². The van der Waals surface area contributed by atoms with E-state index in [1.807, 2.05) is 39.9 Å². The van der Waals surface area contributed by atoms with E-state index in [9.17, 15) is 0 Å². The second kappa shape index (κ2) is 6.74. The Morgan fingerprint density at radius 1 is 0.757 bits per heavy atom. The van der Waals surface area contributed by atoms with Gasteiger partial charge in [0.05, 0.1) is 33.8 Å². The lowest BCUT2D eigenvalue weighted by Gasteiger charge is -2.19. The molecule has 0 aliphatic carbocycles. The standard InChI is InChI=1S/C28H18N8O/c1-3-7-23-21(5-1)33(27-29-15-31-35(23)27)17-9-11-25-19(13-17)20-14-18(10-12-26(20)37-25)34-22-6-2-4-8-24(22)36-28(34)30-16-32-36/h1-15,32H,16H2. The van der Waals surface area contributed by atoms with E-state index in [0.29, 0.717) is 6.67 Å². The molecule has 0 amide bonds. The van der Waals surface area contributed by atoms with Gasteiger partial charge in [-0.15, -0.1) is 0 Å². The molecule has 9 rings (SSSR count). The predicted octanol–water partition coefficient (Wildman–Crippen LogP) is 5.36. The van der Waals surface area contributed by atoms with Crippen LogP contribution in [0, 0.1) is 0 Å². The van der Waals surface area contributed by atoms with E-state index in [1.165, 1.54) is 0 Å². The second-order valence-electron chi connectivity index (χ2n) is 9.19. The summed E-state index contributed by atoms with van der Waals surface area (Å²) in [7, 11) is 0. The van der Waals surface area contributed by atoms with Gasteiger partial charge >= 0.3 is 0 Å². The highest BCUT2D eigenvalue weighted by atomic mass is 16.3. The average molecular weight is 483 g/mol. The van der Waals surface area contributed by atoms with E-state index in [1.54, 1.807) is 6.33 Å². The number of nitrogens with one attached hydrogen (secondary N) is 1. The lowest BCUT2D eigenvalue weighted by Crippen LogP contribution is -2.38. The van der Waals surface area contributed by atoms with E-state index in [2.05, 4.69) is 79.6 Å². The first kappa shape index (κ1) is 19.1. The number of anilines is 3. The molecule has 0 fully saturated rings. The van der Waals surface area contributed by atoms with Crippen molar-refractivity contribution in [3.63, 3.8) is 0 Å². The van der Waals surface area contributed by atoms with Crippen LogP contribution in [0.5, 0.6) is 0 Å². The van der Waals surface area contributed by atoms with Crippen molar-refractivity contribution >= 4 is 61.8 Å². The lowest BCUT2D eigenvalue weighted by molar-refractivity contribution is 0.669. The van der Waals surface area contributed by atoms with Gasteiger partial charge in [0.15, 0.2) is 0 Å². The molecular weight excluding hydrogens is 464 g/mol. The molecular formula is C28H18N8O. The molecule has 37 heavy (non-hydrogen) atoms. The first-order chi connectivity index (χ1) is 18.3. The Morgan fingerprint density at radius 2 is 1.49 bits per heavy atom. The number of hydrazine groups is 1. The minimum atomic E-state index is 0.558. The first-order valence-electron chi connectivity index (χ1n) is 12.1. The molecule has 9 nitrogen and oxygen atoms in total. The van der Waals surface area contributed by atoms with Gasteiger partial charge < -0.3 is 4.42 Å². The second-order valence-corrected chi connectivity index (χ2v) is 9.19. The molecule has 0 bridgehead atoms. The Kier molecular flexibility index (Phi) is 3.48. The number of aromatic nitrogens is 4. The summed E-state index contributed by atoms with van der Waals surface area (Å²) in [4.78, 5) is 11.4. The minimum Gasteiger partial charge on any atom is -0.456 e. The van der Waals surface area contributed by atoms with Crippen LogP contribution in [0.3, 0.4) is 0 Å². The highest BCUT2D eigenvalue weighted by Gasteiger charge is 2.36. The maximum atomic E-state index is 6.24. The van der Waals surface area contributed by atoms with Gasteiger partial charge in [-0.2, -0.15) is 14.6 Å². The normalized spacial score (nSPS) is 14.9. The van der Waals surface area contributed by atoms with E-state index in [-0.39, 0.29) is 0 Å². The van der Waals surface area contributed by atoms with E-state index >= 15 is 0 Å². The molecule has 0 saturated heterocycles. The summed E-state index contributed by atoms with van der Waals surface area (Å²) in [5, 5.41) is 8.57. The van der Waals surface area contributed by atoms with Gasteiger partial charge in [-0.3, -0.25) is 9.47 Å². The number of hydrogen-bond donors (Lipinski definition) is 1. The first-order valence-corrected chi connectivity index (χ1v) is 12.1. The highest BCUT2D eigenvalue weighted by Crippen LogP contribution is 2.43. The van der Waals surface area contributed by atoms with Gasteiger partial charge in [0.25, 0.3) is 0 Å². The molecule has 0 atom stereocenters. The molecule has 0 unspecified atom stereocenters. The molecule has 2 aliphatic heterocycles. The number of furan rings is 1. The Bertz CT molecular complexity index is 2080. The third-order valence-corrected chi connectivity index (χ3v) is 7.25. The maximum absolute atomic E-state index is 6.24. The van der Waals surface area contributed by atoms with Crippen LogP contribution in [0.4, 0.5) is 17.1 Å². The van der Waals surface area contributed by atoms with Crippen LogP contribution in [-0.4, -0.2) is 31.8 Å². The van der Waals surface area contributed by atoms with Gasteiger partial charge in [0.2, 0.25) is 11.7 Å². The Balaban J connectivity index is 1.27. The maximum Gasteiger partial charge on any atom is 0.238 e. The summed E-state index contributed by atoms with van der Waals surface area (Å²) in [6, 6.07) is 29.1. The van der Waals surface area contributed by atoms with Crippen molar-refractivity contribution in [2.75, 3.05) is 16.6 Å². The molecule has 3 aromatic heterocycles. The van der Waals surface area contributed by atoms with Gasteiger partial charge in [-0.25, -0.2) is 15.4 Å². The summed E-state index contributed by atoms with van der Waals surface area (Å²) in [6.07, 6.45) is 1.59. The van der Waals surface area contributed by atoms with E-state index in [0.717, 1.165) is 67.5 Å². The van der Waals surface area contributed by atoms with Crippen molar-refractivity contribution in [1.29, 1.82) is 0 Å². The van der Waals surface area contributed by atoms with Crippen molar-refractivity contribution in [1.82, 2.24) is 24.6 Å². The van der Waals surface area contributed by atoms with Crippen molar-refractivity contribution < 1.29 is 4.42 Å². The van der Waals surface area contributed by atoms with Crippen LogP contribution >= 0.6 is 0 Å². The van der Waals surface area contributed by atoms with Crippen LogP contribution in [0.15, 0.2) is 101 Å². The number of aliphatic imine (C=N–C) groups is 1. The zero-order valence-electron chi connectivity index (χ0n) is 19.4. The number of benzene rings is 4. The Hall–Kier alpha value is -5.15. The summed E-state index contributed by atoms with van der Waals surface area (Å²) < 4.78 is 10.3. The van der Waals surface area contributed by atoms with Crippen LogP contribution < -0.4 is 15.3 Å². The van der Waals surface area contributed by atoms with Gasteiger partial charge in [-0.1, -0.05) is 24.3 Å². The largest absolute Gasteiger partial charge is 0.456 e. The molecule has 5 heterocycles. The van der Waals surface area contributed by atoms with Crippen molar-refractivity contribution in [2.24, 2.45) is 4.99 Å². The Morgan fingerprint density at radius 3 is 2.35 bits per heavy atom. The molecule has 0 saturated carbocycles. The SMILES string of the molecule is c1ccc2c(c1)N1NCN=C1N2c1ccc2oc3ccc(-n4c5ccccc5n5ncnc45)cc3c2c1. The van der Waals surface area contributed by atoms with Gasteiger partial charge in [-0.05, 0) is 60.7 Å². The number of guanidine groups is 1. The molecule has 0 radical (unpaired) electrons. The molecule has 9 heteroatoms. The molecule has 2 aliphatic rings. The summed E-state index contributed by atoms with van der Waals surface area (Å²) >= 11 is 0. The van der Waals surface area contributed by atoms with E-state index in [4.69, 9.17) is 9.41 Å². The van der Waals surface area contributed by atoms with Gasteiger partial charge in [0.1, 0.15) is 24.2 Å². The number of rotatable bonds is 2. The zero-order chi connectivity index (χ0) is 24.1. The number of imidazole rings is 1. The monoisotopic (exact) mass is 482 g/mol. The quantitative estimate of drug-likeness (QED) is 0.357. The van der Waals surface area contributed by atoms with Crippen LogP contribution in [-0.2, 0) is 0 Å². The minimum absolute atomic E-state index is 0.558.